The summed E-state index contributed by atoms with van der Waals surface area (Å²) in [6.07, 6.45) is 0.251. The van der Waals surface area contributed by atoms with E-state index in [9.17, 15) is 9.59 Å². The Kier molecular flexibility index (Phi) is 5.09. The molecule has 1 aliphatic heterocycles. The third-order valence-electron chi connectivity index (χ3n) is 5.62. The van der Waals surface area contributed by atoms with E-state index in [0.29, 0.717) is 13.1 Å². The molecule has 0 N–H and O–H groups in total. The van der Waals surface area contributed by atoms with Gasteiger partial charge in [0.25, 0.3) is 0 Å². The molecular formula is C23H26N4O2. The zero-order valence-corrected chi connectivity index (χ0v) is 17.1. The molecule has 0 saturated carbocycles. The summed E-state index contributed by atoms with van der Waals surface area (Å²) >= 11 is 0. The minimum Gasteiger partial charge on any atom is -0.338 e. The SMILES string of the molecule is CCn1c(CN(C)C(=O)[C@H]2CC(=O)N(c3ccc(C)cc3)C2)nc2ccccc21. The number of aromatic nitrogens is 2. The maximum atomic E-state index is 13.1. The van der Waals surface area contributed by atoms with Crippen LogP contribution in [0.2, 0.25) is 0 Å². The van der Waals surface area contributed by atoms with E-state index in [2.05, 4.69) is 11.5 Å². The molecule has 0 bridgehead atoms. The molecule has 2 aromatic carbocycles. The molecule has 1 aliphatic rings. The molecule has 3 aromatic rings. The summed E-state index contributed by atoms with van der Waals surface area (Å²) in [5, 5.41) is 0. The van der Waals surface area contributed by atoms with Gasteiger partial charge in [-0.25, -0.2) is 4.98 Å². The maximum absolute atomic E-state index is 13.1. The first kappa shape index (κ1) is 19.2. The number of imidazole rings is 1. The Morgan fingerprint density at radius 3 is 2.62 bits per heavy atom. The van der Waals surface area contributed by atoms with Crippen molar-refractivity contribution in [3.05, 3.63) is 59.9 Å². The lowest BCUT2D eigenvalue weighted by atomic mass is 10.1. The van der Waals surface area contributed by atoms with Gasteiger partial charge in [0.15, 0.2) is 0 Å². The summed E-state index contributed by atoms with van der Waals surface area (Å²) in [7, 11) is 1.79. The lowest BCUT2D eigenvalue weighted by Crippen LogP contribution is -2.35. The van der Waals surface area contributed by atoms with Gasteiger partial charge in [0, 0.05) is 32.2 Å². The van der Waals surface area contributed by atoms with Crippen LogP contribution in [0.5, 0.6) is 0 Å². The second kappa shape index (κ2) is 7.70. The molecule has 4 rings (SSSR count). The molecule has 1 saturated heterocycles. The largest absolute Gasteiger partial charge is 0.338 e. The van der Waals surface area contributed by atoms with Crippen LogP contribution in [0.3, 0.4) is 0 Å². The predicted octanol–water partition coefficient (Wildman–Crippen LogP) is 3.38. The van der Waals surface area contributed by atoms with Crippen molar-refractivity contribution in [2.24, 2.45) is 5.92 Å². The smallest absolute Gasteiger partial charge is 0.228 e. The van der Waals surface area contributed by atoms with E-state index in [1.165, 1.54) is 0 Å². The quantitative estimate of drug-likeness (QED) is 0.671. The van der Waals surface area contributed by atoms with E-state index in [4.69, 9.17) is 4.98 Å². The number of hydrogen-bond acceptors (Lipinski definition) is 3. The van der Waals surface area contributed by atoms with Gasteiger partial charge in [-0.15, -0.1) is 0 Å². The van der Waals surface area contributed by atoms with Gasteiger partial charge in [0.1, 0.15) is 5.82 Å². The van der Waals surface area contributed by atoms with Crippen LogP contribution in [0.1, 0.15) is 24.7 Å². The molecular weight excluding hydrogens is 364 g/mol. The summed E-state index contributed by atoms with van der Waals surface area (Å²) in [4.78, 5) is 33.7. The number of anilines is 1. The highest BCUT2D eigenvalue weighted by Gasteiger charge is 2.36. The standard InChI is InChI=1S/C23H26N4O2/c1-4-26-20-8-6-5-7-19(20)24-21(26)15-25(3)23(29)17-13-22(28)27(14-17)18-11-9-16(2)10-12-18/h5-12,17H,4,13-15H2,1-3H3/t17-/m0/s1. The van der Waals surface area contributed by atoms with Crippen LogP contribution in [-0.2, 0) is 22.7 Å². The number of hydrogen-bond donors (Lipinski definition) is 0. The third-order valence-corrected chi connectivity index (χ3v) is 5.62. The summed E-state index contributed by atoms with van der Waals surface area (Å²) in [5.41, 5.74) is 4.01. The van der Waals surface area contributed by atoms with Gasteiger partial charge < -0.3 is 14.4 Å². The molecule has 1 aromatic heterocycles. The Morgan fingerprint density at radius 1 is 1.17 bits per heavy atom. The van der Waals surface area contributed by atoms with Gasteiger partial charge in [0.2, 0.25) is 11.8 Å². The number of aryl methyl sites for hydroxylation is 2. The van der Waals surface area contributed by atoms with Crippen molar-refractivity contribution in [1.82, 2.24) is 14.5 Å². The average molecular weight is 390 g/mol. The lowest BCUT2D eigenvalue weighted by molar-refractivity contribution is -0.135. The second-order valence-electron chi connectivity index (χ2n) is 7.70. The maximum Gasteiger partial charge on any atom is 0.228 e. The van der Waals surface area contributed by atoms with Crippen molar-refractivity contribution in [3.8, 4) is 0 Å². The Hall–Kier alpha value is -3.15. The molecule has 0 spiro atoms. The molecule has 2 amide bonds. The topological polar surface area (TPSA) is 58.4 Å². The number of carbonyl (C=O) groups excluding carboxylic acids is 2. The van der Waals surface area contributed by atoms with Crippen molar-refractivity contribution in [2.75, 3.05) is 18.5 Å². The fourth-order valence-electron chi connectivity index (χ4n) is 4.05. The van der Waals surface area contributed by atoms with E-state index >= 15 is 0 Å². The number of carbonyl (C=O) groups is 2. The summed E-state index contributed by atoms with van der Waals surface area (Å²) < 4.78 is 2.14. The number of benzene rings is 2. The molecule has 0 aliphatic carbocycles. The zero-order valence-electron chi connectivity index (χ0n) is 17.1. The first-order valence-corrected chi connectivity index (χ1v) is 10.0. The van der Waals surface area contributed by atoms with E-state index in [1.807, 2.05) is 55.5 Å². The number of amides is 2. The van der Waals surface area contributed by atoms with Crippen LogP contribution in [-0.4, -0.2) is 39.9 Å². The minimum atomic E-state index is -0.326. The predicted molar refractivity (Wildman–Crippen MR) is 114 cm³/mol. The van der Waals surface area contributed by atoms with Gasteiger partial charge in [0.05, 0.1) is 23.5 Å². The van der Waals surface area contributed by atoms with Crippen LogP contribution in [0.15, 0.2) is 48.5 Å². The van der Waals surface area contributed by atoms with Gasteiger partial charge in [-0.05, 0) is 38.1 Å². The minimum absolute atomic E-state index is 0.00130. The molecule has 0 unspecified atom stereocenters. The highest BCUT2D eigenvalue weighted by molar-refractivity contribution is 6.00. The fourth-order valence-corrected chi connectivity index (χ4v) is 4.05. The van der Waals surface area contributed by atoms with Crippen LogP contribution in [0.4, 0.5) is 5.69 Å². The highest BCUT2D eigenvalue weighted by Crippen LogP contribution is 2.27. The van der Waals surface area contributed by atoms with Crippen LogP contribution >= 0.6 is 0 Å². The first-order chi connectivity index (χ1) is 14.0. The summed E-state index contributed by atoms with van der Waals surface area (Å²) in [6, 6.07) is 15.9. The van der Waals surface area contributed by atoms with Crippen molar-refractivity contribution < 1.29 is 9.59 Å². The normalized spacial score (nSPS) is 16.6. The van der Waals surface area contributed by atoms with Gasteiger partial charge in [-0.3, -0.25) is 9.59 Å². The fraction of sp³-hybridized carbons (Fsp3) is 0.348. The van der Waals surface area contributed by atoms with Crippen LogP contribution in [0, 0.1) is 12.8 Å². The highest BCUT2D eigenvalue weighted by atomic mass is 16.2. The van der Waals surface area contributed by atoms with Crippen molar-refractivity contribution in [2.45, 2.75) is 33.4 Å². The Morgan fingerprint density at radius 2 is 1.90 bits per heavy atom. The molecule has 0 radical (unpaired) electrons. The van der Waals surface area contributed by atoms with Gasteiger partial charge in [-0.1, -0.05) is 29.8 Å². The summed E-state index contributed by atoms with van der Waals surface area (Å²) in [5.74, 6) is 0.529. The molecule has 6 heteroatoms. The van der Waals surface area contributed by atoms with E-state index in [-0.39, 0.29) is 24.2 Å². The van der Waals surface area contributed by atoms with Crippen molar-refractivity contribution >= 4 is 28.5 Å². The first-order valence-electron chi connectivity index (χ1n) is 10.0. The van der Waals surface area contributed by atoms with Gasteiger partial charge in [-0.2, -0.15) is 0 Å². The number of fused-ring (bicyclic) bond motifs is 1. The third kappa shape index (κ3) is 3.62. The van der Waals surface area contributed by atoms with E-state index < -0.39 is 0 Å². The lowest BCUT2D eigenvalue weighted by Gasteiger charge is -2.21. The Bertz CT molecular complexity index is 1050. The molecule has 1 atom stereocenters. The molecule has 2 heterocycles. The Labute approximate surface area is 170 Å². The summed E-state index contributed by atoms with van der Waals surface area (Å²) in [6.45, 7) is 5.74. The molecule has 150 valence electrons. The number of para-hydroxylation sites is 2. The molecule has 6 nitrogen and oxygen atoms in total. The zero-order chi connectivity index (χ0) is 20.5. The van der Waals surface area contributed by atoms with E-state index in [0.717, 1.165) is 34.7 Å². The van der Waals surface area contributed by atoms with Crippen molar-refractivity contribution in [3.63, 3.8) is 0 Å². The van der Waals surface area contributed by atoms with Crippen LogP contribution < -0.4 is 4.90 Å². The Balaban J connectivity index is 1.49. The number of nitrogens with zero attached hydrogens (tertiary/aromatic N) is 4. The van der Waals surface area contributed by atoms with Gasteiger partial charge >= 0.3 is 0 Å². The monoisotopic (exact) mass is 390 g/mol. The molecule has 29 heavy (non-hydrogen) atoms. The van der Waals surface area contributed by atoms with E-state index in [1.54, 1.807) is 16.8 Å². The molecule has 1 fully saturated rings. The second-order valence-corrected chi connectivity index (χ2v) is 7.70. The average Bonchev–Trinajstić information content (AvgIpc) is 3.27. The number of rotatable bonds is 5. The van der Waals surface area contributed by atoms with Crippen LogP contribution in [0.25, 0.3) is 11.0 Å². The van der Waals surface area contributed by atoms with Crippen molar-refractivity contribution in [1.29, 1.82) is 0 Å².